The van der Waals surface area contributed by atoms with Crippen LogP contribution >= 0.6 is 0 Å². The number of hydrazine groups is 1. The first-order valence-corrected chi connectivity index (χ1v) is 12.2. The number of unbranched alkanes of at least 4 members (excludes halogenated alkanes) is 3. The molecule has 0 aromatic heterocycles. The summed E-state index contributed by atoms with van der Waals surface area (Å²) >= 11 is 0. The Hall–Kier alpha value is -1.63. The number of anilines is 1. The summed E-state index contributed by atoms with van der Waals surface area (Å²) in [6, 6.07) is 7.77. The van der Waals surface area contributed by atoms with Crippen molar-refractivity contribution in [3.63, 3.8) is 0 Å². The van der Waals surface area contributed by atoms with Gasteiger partial charge in [-0.3, -0.25) is 10.2 Å². The van der Waals surface area contributed by atoms with Crippen molar-refractivity contribution in [3.8, 4) is 0 Å². The standard InChI is InChI=1S/C25H41N3O3/c1-30-18-4-2-3-5-19-31-24-12-8-20(9-13-24)21-14-16-28(17-15-21)23-10-6-22(7-11-23)25(29)27-26/h6-7,10-11,20-21,24H,2-5,8-9,12-19,26H2,1H3,(H,27,29). The molecule has 0 atom stereocenters. The van der Waals surface area contributed by atoms with Crippen LogP contribution in [-0.2, 0) is 9.47 Å². The minimum atomic E-state index is -0.244. The number of nitrogens with zero attached hydrogens (tertiary/aromatic N) is 1. The van der Waals surface area contributed by atoms with Crippen molar-refractivity contribution in [3.05, 3.63) is 29.8 Å². The van der Waals surface area contributed by atoms with Gasteiger partial charge in [0.1, 0.15) is 0 Å². The highest BCUT2D eigenvalue weighted by Gasteiger charge is 2.30. The van der Waals surface area contributed by atoms with Gasteiger partial charge in [0.2, 0.25) is 0 Å². The Bertz CT molecular complexity index is 636. The molecule has 1 aromatic carbocycles. The van der Waals surface area contributed by atoms with E-state index in [1.165, 1.54) is 63.5 Å². The number of hydrogen-bond acceptors (Lipinski definition) is 5. The van der Waals surface area contributed by atoms with Crippen molar-refractivity contribution in [1.29, 1.82) is 0 Å². The van der Waals surface area contributed by atoms with E-state index in [9.17, 15) is 4.79 Å². The highest BCUT2D eigenvalue weighted by molar-refractivity contribution is 5.94. The van der Waals surface area contributed by atoms with Crippen molar-refractivity contribution in [2.24, 2.45) is 17.7 Å². The van der Waals surface area contributed by atoms with E-state index in [0.717, 1.165) is 44.6 Å². The molecule has 174 valence electrons. The number of rotatable bonds is 11. The van der Waals surface area contributed by atoms with Crippen LogP contribution in [0.4, 0.5) is 5.69 Å². The number of amides is 1. The molecule has 3 rings (SSSR count). The van der Waals surface area contributed by atoms with Crippen LogP contribution in [0.15, 0.2) is 24.3 Å². The molecular weight excluding hydrogens is 390 g/mol. The van der Waals surface area contributed by atoms with Crippen molar-refractivity contribution >= 4 is 11.6 Å². The molecule has 1 aliphatic heterocycles. The van der Waals surface area contributed by atoms with Crippen LogP contribution in [0.3, 0.4) is 0 Å². The Balaban J connectivity index is 1.31. The maximum absolute atomic E-state index is 11.6. The van der Waals surface area contributed by atoms with Crippen LogP contribution in [0, 0.1) is 11.8 Å². The summed E-state index contributed by atoms with van der Waals surface area (Å²) in [4.78, 5) is 14.0. The second-order valence-corrected chi connectivity index (χ2v) is 9.16. The fourth-order valence-corrected chi connectivity index (χ4v) is 5.21. The summed E-state index contributed by atoms with van der Waals surface area (Å²) in [5.41, 5.74) is 3.99. The number of carbonyl (C=O) groups excluding carboxylic acids is 1. The number of ether oxygens (including phenoxy) is 2. The van der Waals surface area contributed by atoms with Crippen LogP contribution in [0.1, 0.15) is 74.6 Å². The van der Waals surface area contributed by atoms with Crippen molar-refractivity contribution in [2.75, 3.05) is 38.3 Å². The van der Waals surface area contributed by atoms with E-state index in [-0.39, 0.29) is 5.91 Å². The lowest BCUT2D eigenvalue weighted by molar-refractivity contribution is 0.00752. The van der Waals surface area contributed by atoms with Gasteiger partial charge in [0.05, 0.1) is 6.10 Å². The van der Waals surface area contributed by atoms with Crippen molar-refractivity contribution in [1.82, 2.24) is 5.43 Å². The number of piperidine rings is 1. The molecule has 0 radical (unpaired) electrons. The van der Waals surface area contributed by atoms with Gasteiger partial charge in [-0.15, -0.1) is 0 Å². The van der Waals surface area contributed by atoms with Gasteiger partial charge in [-0.2, -0.15) is 0 Å². The van der Waals surface area contributed by atoms with Crippen LogP contribution in [0.5, 0.6) is 0 Å². The molecule has 31 heavy (non-hydrogen) atoms. The summed E-state index contributed by atoms with van der Waals surface area (Å²) in [6.07, 6.45) is 13.0. The van der Waals surface area contributed by atoms with Crippen LogP contribution in [0.25, 0.3) is 0 Å². The zero-order valence-corrected chi connectivity index (χ0v) is 19.2. The second-order valence-electron chi connectivity index (χ2n) is 9.16. The van der Waals surface area contributed by atoms with Crippen molar-refractivity contribution < 1.29 is 14.3 Å². The van der Waals surface area contributed by atoms with Crippen LogP contribution in [-0.4, -0.2) is 45.4 Å². The molecular formula is C25H41N3O3. The molecule has 0 spiro atoms. The van der Waals surface area contributed by atoms with Crippen molar-refractivity contribution in [2.45, 2.75) is 70.3 Å². The average molecular weight is 432 g/mol. The minimum absolute atomic E-state index is 0.244. The monoisotopic (exact) mass is 431 g/mol. The van der Waals surface area contributed by atoms with Gasteiger partial charge in [0.25, 0.3) is 5.91 Å². The van der Waals surface area contributed by atoms with Gasteiger partial charge >= 0.3 is 0 Å². The first kappa shape index (κ1) is 24.0. The normalized spacial score (nSPS) is 22.5. The molecule has 0 bridgehead atoms. The predicted molar refractivity (Wildman–Crippen MR) is 125 cm³/mol. The quantitative estimate of drug-likeness (QED) is 0.237. The van der Waals surface area contributed by atoms with Gasteiger partial charge in [-0.1, -0.05) is 12.8 Å². The SMILES string of the molecule is COCCCCCCOC1CCC(C2CCN(c3ccc(C(=O)NN)cc3)CC2)CC1. The summed E-state index contributed by atoms with van der Waals surface area (Å²) in [5.74, 6) is 6.68. The lowest BCUT2D eigenvalue weighted by Crippen LogP contribution is -2.37. The number of nitrogens with two attached hydrogens (primary N) is 1. The van der Waals surface area contributed by atoms with E-state index in [1.807, 2.05) is 24.3 Å². The summed E-state index contributed by atoms with van der Waals surface area (Å²) in [7, 11) is 1.77. The molecule has 1 aliphatic carbocycles. The fourth-order valence-electron chi connectivity index (χ4n) is 5.21. The topological polar surface area (TPSA) is 76.8 Å². The van der Waals surface area contributed by atoms with Gasteiger partial charge in [-0.05, 0) is 87.5 Å². The molecule has 1 heterocycles. The predicted octanol–water partition coefficient (Wildman–Crippen LogP) is 4.29. The molecule has 2 aliphatic rings. The number of nitrogen functional groups attached to an aromatic ring is 1. The molecule has 2 fully saturated rings. The third-order valence-corrected chi connectivity index (χ3v) is 7.15. The lowest BCUT2D eigenvalue weighted by Gasteiger charge is -2.40. The lowest BCUT2D eigenvalue weighted by atomic mass is 9.75. The Kier molecular flexibility index (Phi) is 10.1. The number of carbonyl (C=O) groups is 1. The average Bonchev–Trinajstić information content (AvgIpc) is 2.83. The molecule has 1 amide bonds. The maximum atomic E-state index is 11.6. The molecule has 1 saturated carbocycles. The molecule has 1 saturated heterocycles. The fraction of sp³-hybridized carbons (Fsp3) is 0.720. The first-order valence-electron chi connectivity index (χ1n) is 12.2. The second kappa shape index (κ2) is 13.0. The first-order chi connectivity index (χ1) is 15.2. The molecule has 3 N–H and O–H groups in total. The van der Waals surface area contributed by atoms with E-state index in [4.69, 9.17) is 15.3 Å². The van der Waals surface area contributed by atoms with Crippen LogP contribution < -0.4 is 16.2 Å². The molecule has 6 heteroatoms. The maximum Gasteiger partial charge on any atom is 0.265 e. The zero-order chi connectivity index (χ0) is 21.9. The number of nitrogens with one attached hydrogen (secondary N) is 1. The zero-order valence-electron chi connectivity index (χ0n) is 19.2. The Morgan fingerprint density at radius 3 is 2.16 bits per heavy atom. The van der Waals surface area contributed by atoms with Gasteiger partial charge in [0, 0.05) is 44.7 Å². The summed E-state index contributed by atoms with van der Waals surface area (Å²) in [6.45, 7) is 4.01. The van der Waals surface area contributed by atoms with E-state index in [1.54, 1.807) is 7.11 Å². The number of methoxy groups -OCH3 is 1. The van der Waals surface area contributed by atoms with E-state index in [0.29, 0.717) is 11.7 Å². The molecule has 0 unspecified atom stereocenters. The van der Waals surface area contributed by atoms with Gasteiger partial charge in [0.15, 0.2) is 0 Å². The van der Waals surface area contributed by atoms with E-state index < -0.39 is 0 Å². The smallest absolute Gasteiger partial charge is 0.265 e. The highest BCUT2D eigenvalue weighted by Crippen LogP contribution is 2.37. The highest BCUT2D eigenvalue weighted by atomic mass is 16.5. The Morgan fingerprint density at radius 1 is 0.935 bits per heavy atom. The van der Waals surface area contributed by atoms with Gasteiger partial charge < -0.3 is 14.4 Å². The third-order valence-electron chi connectivity index (χ3n) is 7.15. The largest absolute Gasteiger partial charge is 0.385 e. The van der Waals surface area contributed by atoms with E-state index in [2.05, 4.69) is 10.3 Å². The van der Waals surface area contributed by atoms with E-state index >= 15 is 0 Å². The number of hydrogen-bond donors (Lipinski definition) is 2. The minimum Gasteiger partial charge on any atom is -0.385 e. The summed E-state index contributed by atoms with van der Waals surface area (Å²) in [5, 5.41) is 0. The third kappa shape index (κ3) is 7.48. The number of benzene rings is 1. The Labute approximate surface area is 187 Å². The Morgan fingerprint density at radius 2 is 1.55 bits per heavy atom. The van der Waals surface area contributed by atoms with Gasteiger partial charge in [-0.25, -0.2) is 5.84 Å². The van der Waals surface area contributed by atoms with Crippen LogP contribution in [0.2, 0.25) is 0 Å². The molecule has 1 aromatic rings. The summed E-state index contributed by atoms with van der Waals surface area (Å²) < 4.78 is 11.3. The molecule has 6 nitrogen and oxygen atoms in total.